The van der Waals surface area contributed by atoms with Crippen LogP contribution in [0.25, 0.3) is 10.8 Å². The van der Waals surface area contributed by atoms with Crippen LogP contribution in [0.15, 0.2) is 48.5 Å². The van der Waals surface area contributed by atoms with Gasteiger partial charge in [0.2, 0.25) is 0 Å². The molecule has 3 aromatic rings. The lowest BCUT2D eigenvalue weighted by atomic mass is 10.1. The van der Waals surface area contributed by atoms with Crippen LogP contribution < -0.4 is 5.32 Å². The highest BCUT2D eigenvalue weighted by molar-refractivity contribution is 6.34. The minimum atomic E-state index is -0.189. The molecule has 0 spiro atoms. The van der Waals surface area contributed by atoms with Crippen molar-refractivity contribution in [3.05, 3.63) is 65.1 Å². The van der Waals surface area contributed by atoms with Crippen LogP contribution in [-0.4, -0.2) is 16.7 Å². The lowest BCUT2D eigenvalue weighted by Gasteiger charge is -2.09. The summed E-state index contributed by atoms with van der Waals surface area (Å²) in [6.07, 6.45) is 0.575. The zero-order valence-corrected chi connectivity index (χ0v) is 11.9. The third-order valence-corrected chi connectivity index (χ3v) is 3.57. The summed E-state index contributed by atoms with van der Waals surface area (Å²) in [6.45, 7) is 0.571. The summed E-state index contributed by atoms with van der Waals surface area (Å²) in [5.41, 5.74) is 0.677. The predicted molar refractivity (Wildman–Crippen MR) is 83.1 cm³/mol. The van der Waals surface area contributed by atoms with Gasteiger partial charge < -0.3 is 5.32 Å². The second-order valence-electron chi connectivity index (χ2n) is 4.65. The number of anilines is 1. The third kappa shape index (κ3) is 2.95. The van der Waals surface area contributed by atoms with Crippen LogP contribution in [0, 0.1) is 5.82 Å². The molecule has 0 amide bonds. The van der Waals surface area contributed by atoms with Gasteiger partial charge in [0.25, 0.3) is 0 Å². The fourth-order valence-electron chi connectivity index (χ4n) is 2.22. The van der Waals surface area contributed by atoms with Crippen molar-refractivity contribution in [3.8, 4) is 0 Å². The van der Waals surface area contributed by atoms with Gasteiger partial charge in [0, 0.05) is 17.3 Å². The molecule has 3 rings (SSSR count). The monoisotopic (exact) mass is 301 g/mol. The Labute approximate surface area is 126 Å². The van der Waals surface area contributed by atoms with Gasteiger partial charge in [0.1, 0.15) is 5.82 Å². The van der Waals surface area contributed by atoms with Crippen LogP contribution in [0.4, 0.5) is 10.2 Å². The first-order chi connectivity index (χ1) is 10.3. The number of nitrogens with zero attached hydrogens (tertiary/aromatic N) is 2. The van der Waals surface area contributed by atoms with Crippen molar-refractivity contribution in [3.63, 3.8) is 0 Å². The van der Waals surface area contributed by atoms with Crippen molar-refractivity contribution in [1.29, 1.82) is 0 Å². The number of hydrogen-bond donors (Lipinski definition) is 1. The van der Waals surface area contributed by atoms with E-state index < -0.39 is 0 Å². The first-order valence-corrected chi connectivity index (χ1v) is 7.01. The first-order valence-electron chi connectivity index (χ1n) is 6.64. The molecule has 0 saturated carbocycles. The molecule has 1 N–H and O–H groups in total. The van der Waals surface area contributed by atoms with E-state index in [9.17, 15) is 4.39 Å². The Morgan fingerprint density at radius 3 is 2.48 bits per heavy atom. The predicted octanol–water partition coefficient (Wildman–Crippen LogP) is 4.08. The number of rotatable bonds is 4. The molecule has 0 aliphatic heterocycles. The van der Waals surface area contributed by atoms with Gasteiger partial charge in [-0.05, 0) is 18.1 Å². The minimum Gasteiger partial charge on any atom is -0.368 e. The molecule has 0 radical (unpaired) electrons. The van der Waals surface area contributed by atoms with Gasteiger partial charge in [-0.15, -0.1) is 10.2 Å². The molecule has 0 saturated heterocycles. The van der Waals surface area contributed by atoms with Crippen molar-refractivity contribution < 1.29 is 4.39 Å². The molecule has 0 aliphatic rings. The summed E-state index contributed by atoms with van der Waals surface area (Å²) in [5, 5.41) is 13.3. The molecule has 0 atom stereocenters. The van der Waals surface area contributed by atoms with Crippen LogP contribution in [0.2, 0.25) is 5.15 Å². The first kappa shape index (κ1) is 13.8. The Morgan fingerprint density at radius 2 is 1.67 bits per heavy atom. The molecular weight excluding hydrogens is 289 g/mol. The van der Waals surface area contributed by atoms with Crippen molar-refractivity contribution >= 4 is 28.2 Å². The summed E-state index contributed by atoms with van der Waals surface area (Å²) < 4.78 is 13.5. The summed E-state index contributed by atoms with van der Waals surface area (Å²) in [5.74, 6) is 0.470. The molecule has 3 nitrogen and oxygen atoms in total. The molecule has 1 heterocycles. The summed E-state index contributed by atoms with van der Waals surface area (Å²) in [4.78, 5) is 0. The zero-order chi connectivity index (χ0) is 14.7. The quantitative estimate of drug-likeness (QED) is 0.789. The summed E-state index contributed by atoms with van der Waals surface area (Å²) in [7, 11) is 0. The molecule has 1 aromatic heterocycles. The number of benzene rings is 2. The second-order valence-corrected chi connectivity index (χ2v) is 5.01. The SMILES string of the molecule is Fc1ccccc1CCNc1nnc(Cl)c2ccccc12. The topological polar surface area (TPSA) is 37.8 Å². The lowest BCUT2D eigenvalue weighted by Crippen LogP contribution is -2.08. The maximum Gasteiger partial charge on any atom is 0.159 e. The standard InChI is InChI=1S/C16H13ClFN3/c17-15-12-6-2-3-7-13(12)16(21-20-15)19-10-9-11-5-1-4-8-14(11)18/h1-8H,9-10H2,(H,19,21). The lowest BCUT2D eigenvalue weighted by molar-refractivity contribution is 0.610. The van der Waals surface area contributed by atoms with E-state index >= 15 is 0 Å². The fourth-order valence-corrected chi connectivity index (χ4v) is 2.42. The van der Waals surface area contributed by atoms with Gasteiger partial charge in [-0.1, -0.05) is 54.1 Å². The van der Waals surface area contributed by atoms with Crippen LogP contribution in [0.1, 0.15) is 5.56 Å². The van der Waals surface area contributed by atoms with E-state index in [0.29, 0.717) is 29.5 Å². The smallest absolute Gasteiger partial charge is 0.159 e. The van der Waals surface area contributed by atoms with E-state index in [-0.39, 0.29) is 5.82 Å². The highest BCUT2D eigenvalue weighted by Crippen LogP contribution is 2.25. The van der Waals surface area contributed by atoms with Gasteiger partial charge in [-0.3, -0.25) is 0 Å². The van der Waals surface area contributed by atoms with E-state index in [4.69, 9.17) is 11.6 Å². The van der Waals surface area contributed by atoms with Gasteiger partial charge in [0.15, 0.2) is 11.0 Å². The number of nitrogens with one attached hydrogen (secondary N) is 1. The van der Waals surface area contributed by atoms with E-state index in [1.807, 2.05) is 30.3 Å². The van der Waals surface area contributed by atoms with E-state index in [1.165, 1.54) is 6.07 Å². The van der Waals surface area contributed by atoms with Gasteiger partial charge in [0.05, 0.1) is 0 Å². The highest BCUT2D eigenvalue weighted by Gasteiger charge is 2.07. The van der Waals surface area contributed by atoms with Crippen molar-refractivity contribution in [2.45, 2.75) is 6.42 Å². The van der Waals surface area contributed by atoms with Gasteiger partial charge in [-0.25, -0.2) is 4.39 Å². The number of fused-ring (bicyclic) bond motifs is 1. The van der Waals surface area contributed by atoms with Crippen LogP contribution in [-0.2, 0) is 6.42 Å². The van der Waals surface area contributed by atoms with Gasteiger partial charge >= 0.3 is 0 Å². The molecule has 106 valence electrons. The summed E-state index contributed by atoms with van der Waals surface area (Å²) >= 11 is 6.03. The maximum atomic E-state index is 13.5. The molecule has 0 bridgehead atoms. The van der Waals surface area contributed by atoms with Crippen LogP contribution in [0.3, 0.4) is 0 Å². The molecule has 0 unspecified atom stereocenters. The van der Waals surface area contributed by atoms with Gasteiger partial charge in [-0.2, -0.15) is 0 Å². The molecular formula is C16H13ClFN3. The van der Waals surface area contributed by atoms with Crippen molar-refractivity contribution in [2.24, 2.45) is 0 Å². The van der Waals surface area contributed by atoms with Crippen molar-refractivity contribution in [1.82, 2.24) is 10.2 Å². The molecule has 2 aromatic carbocycles. The van der Waals surface area contributed by atoms with Crippen LogP contribution >= 0.6 is 11.6 Å². The number of aromatic nitrogens is 2. The molecule has 0 fully saturated rings. The van der Waals surface area contributed by atoms with Crippen LogP contribution in [0.5, 0.6) is 0 Å². The Morgan fingerprint density at radius 1 is 0.952 bits per heavy atom. The second kappa shape index (κ2) is 6.06. The minimum absolute atomic E-state index is 0.189. The maximum absolute atomic E-state index is 13.5. The van der Waals surface area contributed by atoms with E-state index in [2.05, 4.69) is 15.5 Å². The molecule has 21 heavy (non-hydrogen) atoms. The number of hydrogen-bond acceptors (Lipinski definition) is 3. The average Bonchev–Trinajstić information content (AvgIpc) is 2.52. The van der Waals surface area contributed by atoms with Crippen molar-refractivity contribution in [2.75, 3.05) is 11.9 Å². The average molecular weight is 302 g/mol. The van der Waals surface area contributed by atoms with E-state index in [1.54, 1.807) is 12.1 Å². The highest BCUT2D eigenvalue weighted by atomic mass is 35.5. The fraction of sp³-hybridized carbons (Fsp3) is 0.125. The number of halogens is 2. The zero-order valence-electron chi connectivity index (χ0n) is 11.2. The Kier molecular flexibility index (Phi) is 3.97. The Balaban J connectivity index is 1.77. The molecule has 5 heteroatoms. The third-order valence-electron chi connectivity index (χ3n) is 3.29. The largest absolute Gasteiger partial charge is 0.368 e. The van der Waals surface area contributed by atoms with E-state index in [0.717, 1.165) is 10.8 Å². The molecule has 0 aliphatic carbocycles. The Hall–Kier alpha value is -2.20. The Bertz CT molecular complexity index is 776. The normalized spacial score (nSPS) is 10.8. The summed E-state index contributed by atoms with van der Waals surface area (Å²) in [6, 6.07) is 14.4.